The van der Waals surface area contributed by atoms with Crippen LogP contribution in [0, 0.1) is 17.1 Å². The first kappa shape index (κ1) is 15.2. The zero-order valence-corrected chi connectivity index (χ0v) is 10.1. The van der Waals surface area contributed by atoms with E-state index in [4.69, 9.17) is 5.26 Å². The van der Waals surface area contributed by atoms with Crippen molar-refractivity contribution >= 4 is 5.69 Å². The van der Waals surface area contributed by atoms with Gasteiger partial charge in [-0.1, -0.05) is 0 Å². The van der Waals surface area contributed by atoms with Gasteiger partial charge in [0, 0.05) is 6.04 Å². The number of nitrogens with one attached hydrogen (secondary N) is 1. The molecule has 0 heterocycles. The number of halogens is 4. The van der Waals surface area contributed by atoms with Gasteiger partial charge in [0.05, 0.1) is 23.9 Å². The summed E-state index contributed by atoms with van der Waals surface area (Å²) in [6.07, 6.45) is -4.38. The van der Waals surface area contributed by atoms with E-state index in [-0.39, 0.29) is 17.9 Å². The monoisotopic (exact) mass is 276 g/mol. The van der Waals surface area contributed by atoms with Gasteiger partial charge in [-0.15, -0.1) is 0 Å². The van der Waals surface area contributed by atoms with Crippen LogP contribution in [-0.2, 0) is 4.74 Å². The van der Waals surface area contributed by atoms with E-state index in [0.29, 0.717) is 0 Å². The van der Waals surface area contributed by atoms with Crippen LogP contribution in [0.1, 0.15) is 12.5 Å². The van der Waals surface area contributed by atoms with Crippen LogP contribution in [0.3, 0.4) is 0 Å². The van der Waals surface area contributed by atoms with E-state index in [0.717, 1.165) is 6.07 Å². The lowest BCUT2D eigenvalue weighted by molar-refractivity contribution is -0.174. The van der Waals surface area contributed by atoms with E-state index >= 15 is 0 Å². The zero-order chi connectivity index (χ0) is 14.5. The van der Waals surface area contributed by atoms with Gasteiger partial charge in [0.25, 0.3) is 0 Å². The number of hydrogen-bond acceptors (Lipinski definition) is 3. The first-order valence-corrected chi connectivity index (χ1v) is 5.42. The van der Waals surface area contributed by atoms with E-state index in [2.05, 4.69) is 10.1 Å². The maximum atomic E-state index is 13.5. The molecule has 0 aliphatic rings. The lowest BCUT2D eigenvalue weighted by atomic mass is 10.2. The van der Waals surface area contributed by atoms with Crippen LogP contribution in [0.2, 0.25) is 0 Å². The third-order valence-corrected chi connectivity index (χ3v) is 2.13. The summed E-state index contributed by atoms with van der Waals surface area (Å²) in [6, 6.07) is 5.10. The molecule has 1 unspecified atom stereocenters. The fraction of sp³-hybridized carbons (Fsp3) is 0.417. The summed E-state index contributed by atoms with van der Waals surface area (Å²) in [5.74, 6) is -0.637. The fourth-order valence-corrected chi connectivity index (χ4v) is 1.36. The van der Waals surface area contributed by atoms with Crippen molar-refractivity contribution in [2.75, 3.05) is 18.5 Å². The Morgan fingerprint density at radius 1 is 1.42 bits per heavy atom. The molecule has 0 aromatic heterocycles. The molecule has 0 aliphatic carbocycles. The number of benzene rings is 1. The quantitative estimate of drug-likeness (QED) is 0.841. The van der Waals surface area contributed by atoms with Crippen LogP contribution < -0.4 is 5.32 Å². The highest BCUT2D eigenvalue weighted by Crippen LogP contribution is 2.17. The Morgan fingerprint density at radius 3 is 2.63 bits per heavy atom. The molecule has 1 N–H and O–H groups in total. The van der Waals surface area contributed by atoms with E-state index in [9.17, 15) is 17.6 Å². The number of ether oxygens (including phenoxy) is 1. The van der Waals surface area contributed by atoms with Gasteiger partial charge in [0.1, 0.15) is 12.4 Å². The van der Waals surface area contributed by atoms with Gasteiger partial charge in [-0.3, -0.25) is 0 Å². The zero-order valence-electron chi connectivity index (χ0n) is 10.1. The fourth-order valence-electron chi connectivity index (χ4n) is 1.36. The lowest BCUT2D eigenvalue weighted by Crippen LogP contribution is -2.26. The standard InChI is InChI=1S/C12H12F4N2O/c1-8(6-19-7-12(14,15)16)18-11-3-2-9(5-17)4-10(11)13/h2-4,8,18H,6-7H2,1H3. The van der Waals surface area contributed by atoms with Crippen molar-refractivity contribution in [3.63, 3.8) is 0 Å². The molecule has 1 aromatic rings. The lowest BCUT2D eigenvalue weighted by Gasteiger charge is -2.16. The average Bonchev–Trinajstić information content (AvgIpc) is 2.30. The highest BCUT2D eigenvalue weighted by Gasteiger charge is 2.27. The Morgan fingerprint density at radius 2 is 2.11 bits per heavy atom. The Balaban J connectivity index is 2.49. The second-order valence-electron chi connectivity index (χ2n) is 3.98. The maximum Gasteiger partial charge on any atom is 0.411 e. The molecule has 1 atom stereocenters. The third kappa shape index (κ3) is 5.57. The van der Waals surface area contributed by atoms with Crippen molar-refractivity contribution in [1.82, 2.24) is 0 Å². The summed E-state index contributed by atoms with van der Waals surface area (Å²) in [6.45, 7) is 0.0157. The molecule has 104 valence electrons. The van der Waals surface area contributed by atoms with E-state index < -0.39 is 24.6 Å². The van der Waals surface area contributed by atoms with Gasteiger partial charge in [0.2, 0.25) is 0 Å². The van der Waals surface area contributed by atoms with Gasteiger partial charge in [-0.2, -0.15) is 18.4 Å². The minimum Gasteiger partial charge on any atom is -0.378 e. The van der Waals surface area contributed by atoms with Crippen molar-refractivity contribution < 1.29 is 22.3 Å². The summed E-state index contributed by atoms with van der Waals surface area (Å²) in [5.41, 5.74) is 0.283. The molecular formula is C12H12F4N2O. The van der Waals surface area contributed by atoms with Crippen LogP contribution >= 0.6 is 0 Å². The van der Waals surface area contributed by atoms with E-state index in [1.54, 1.807) is 13.0 Å². The molecule has 0 saturated carbocycles. The third-order valence-electron chi connectivity index (χ3n) is 2.13. The minimum absolute atomic E-state index is 0.113. The Kier molecular flexibility index (Phi) is 5.12. The minimum atomic E-state index is -4.38. The number of nitriles is 1. The van der Waals surface area contributed by atoms with E-state index in [1.807, 2.05) is 0 Å². The topological polar surface area (TPSA) is 45.0 Å². The number of hydrogen-bond donors (Lipinski definition) is 1. The molecule has 0 radical (unpaired) electrons. The highest BCUT2D eigenvalue weighted by molar-refractivity contribution is 5.49. The molecule has 0 saturated heterocycles. The smallest absolute Gasteiger partial charge is 0.378 e. The normalized spacial score (nSPS) is 12.8. The maximum absolute atomic E-state index is 13.5. The van der Waals surface area contributed by atoms with E-state index in [1.165, 1.54) is 12.1 Å². The van der Waals surface area contributed by atoms with Gasteiger partial charge < -0.3 is 10.1 Å². The number of anilines is 1. The summed E-state index contributed by atoms with van der Waals surface area (Å²) < 4.78 is 53.5. The highest BCUT2D eigenvalue weighted by atomic mass is 19.4. The predicted octanol–water partition coefficient (Wildman–Crippen LogP) is 3.08. The molecule has 7 heteroatoms. The molecule has 0 spiro atoms. The Labute approximate surface area is 107 Å². The average molecular weight is 276 g/mol. The van der Waals surface area contributed by atoms with Crippen molar-refractivity contribution in [3.8, 4) is 6.07 Å². The predicted molar refractivity (Wildman–Crippen MR) is 61.1 cm³/mol. The number of rotatable bonds is 5. The van der Waals surface area contributed by atoms with Gasteiger partial charge >= 0.3 is 6.18 Å². The molecule has 1 rings (SSSR count). The second-order valence-corrected chi connectivity index (χ2v) is 3.98. The van der Waals surface area contributed by atoms with Crippen molar-refractivity contribution in [2.45, 2.75) is 19.1 Å². The SMILES string of the molecule is CC(COCC(F)(F)F)Nc1ccc(C#N)cc1F. The van der Waals surface area contributed by atoms with Gasteiger partial charge in [0.15, 0.2) is 0 Å². The summed E-state index contributed by atoms with van der Waals surface area (Å²) in [7, 11) is 0. The Bertz CT molecular complexity index is 468. The summed E-state index contributed by atoms with van der Waals surface area (Å²) >= 11 is 0. The van der Waals surface area contributed by atoms with Gasteiger partial charge in [-0.25, -0.2) is 4.39 Å². The molecule has 0 amide bonds. The van der Waals surface area contributed by atoms with Crippen LogP contribution in [0.15, 0.2) is 18.2 Å². The molecule has 0 aliphatic heterocycles. The van der Waals surface area contributed by atoms with Crippen molar-refractivity contribution in [2.24, 2.45) is 0 Å². The van der Waals surface area contributed by atoms with Crippen molar-refractivity contribution in [1.29, 1.82) is 5.26 Å². The van der Waals surface area contributed by atoms with Crippen molar-refractivity contribution in [3.05, 3.63) is 29.6 Å². The van der Waals surface area contributed by atoms with Crippen LogP contribution in [-0.4, -0.2) is 25.4 Å². The summed E-state index contributed by atoms with van der Waals surface area (Å²) in [5, 5.41) is 11.2. The van der Waals surface area contributed by atoms with Crippen LogP contribution in [0.5, 0.6) is 0 Å². The molecular weight excluding hydrogens is 264 g/mol. The number of nitrogens with zero attached hydrogens (tertiary/aromatic N) is 1. The van der Waals surface area contributed by atoms with Crippen LogP contribution in [0.4, 0.5) is 23.2 Å². The molecule has 0 bridgehead atoms. The molecule has 19 heavy (non-hydrogen) atoms. The number of alkyl halides is 3. The molecule has 1 aromatic carbocycles. The Hall–Kier alpha value is -1.81. The molecule has 3 nitrogen and oxygen atoms in total. The van der Waals surface area contributed by atoms with Gasteiger partial charge in [-0.05, 0) is 25.1 Å². The molecule has 0 fully saturated rings. The largest absolute Gasteiger partial charge is 0.411 e. The first-order valence-electron chi connectivity index (χ1n) is 5.42. The summed E-state index contributed by atoms with van der Waals surface area (Å²) in [4.78, 5) is 0. The van der Waals surface area contributed by atoms with Crippen LogP contribution in [0.25, 0.3) is 0 Å². The second kappa shape index (κ2) is 6.38. The first-order chi connectivity index (χ1) is 8.81.